The van der Waals surface area contributed by atoms with E-state index in [1.165, 1.54) is 0 Å². The van der Waals surface area contributed by atoms with Crippen molar-refractivity contribution >= 4 is 54.6 Å². The summed E-state index contributed by atoms with van der Waals surface area (Å²) in [5.41, 5.74) is 4.07. The zero-order chi connectivity index (χ0) is 39.4. The molecule has 0 fully saturated rings. The van der Waals surface area contributed by atoms with Gasteiger partial charge in [0.1, 0.15) is 22.3 Å². The largest absolute Gasteiger partial charge is 0.455 e. The van der Waals surface area contributed by atoms with Gasteiger partial charge in [0, 0.05) is 43.6 Å². The minimum atomic E-state index is -0.566. The van der Waals surface area contributed by atoms with Gasteiger partial charge in [-0.1, -0.05) is 127 Å². The number of hydrogen-bond acceptors (Lipinski definition) is 5. The summed E-state index contributed by atoms with van der Waals surface area (Å²) < 4.78 is 91.5. The van der Waals surface area contributed by atoms with E-state index in [9.17, 15) is 0 Å². The summed E-state index contributed by atoms with van der Waals surface area (Å²) in [5.74, 6) is 0.385. The lowest BCUT2D eigenvalue weighted by molar-refractivity contribution is 0.670. The van der Waals surface area contributed by atoms with Crippen LogP contribution in [0.4, 0.5) is 0 Å². The van der Waals surface area contributed by atoms with Gasteiger partial charge in [0.15, 0.2) is 17.5 Å². The van der Waals surface area contributed by atoms with E-state index >= 15 is 0 Å². The second-order valence-electron chi connectivity index (χ2n) is 11.3. The number of para-hydroxylation sites is 2. The maximum Gasteiger partial charge on any atom is 0.167 e. The lowest BCUT2D eigenvalue weighted by Crippen LogP contribution is -2.00. The highest BCUT2D eigenvalue weighted by molar-refractivity contribution is 6.17. The average molecular weight is 625 g/mol. The molecular weight excluding hydrogens is 590 g/mol. The van der Waals surface area contributed by atoms with Crippen LogP contribution in [0.1, 0.15) is 12.3 Å². The Hall–Kier alpha value is -6.59. The molecule has 48 heavy (non-hydrogen) atoms. The molecule has 0 aliphatic rings. The first-order valence-corrected chi connectivity index (χ1v) is 15.2. The monoisotopic (exact) mass is 624 g/mol. The van der Waals surface area contributed by atoms with E-state index in [0.29, 0.717) is 16.7 Å². The minimum absolute atomic E-state index is 0.0682. The van der Waals surface area contributed by atoms with Crippen molar-refractivity contribution in [3.05, 3.63) is 151 Å². The molecule has 0 saturated carbocycles. The molecule has 0 saturated heterocycles. The Kier molecular flexibility index (Phi) is 4.18. The fraction of sp³-hybridized carbons (Fsp3) is 0. The highest BCUT2D eigenvalue weighted by Crippen LogP contribution is 2.40. The van der Waals surface area contributed by atoms with Gasteiger partial charge in [-0.2, -0.15) is 0 Å². The lowest BCUT2D eigenvalue weighted by atomic mass is 10.0. The van der Waals surface area contributed by atoms with Crippen LogP contribution in [0.3, 0.4) is 0 Å². The third-order valence-corrected chi connectivity index (χ3v) is 8.47. The van der Waals surface area contributed by atoms with Crippen LogP contribution in [0.15, 0.2) is 160 Å². The van der Waals surface area contributed by atoms with Crippen molar-refractivity contribution in [1.29, 1.82) is 0 Å². The average Bonchev–Trinajstić information content (AvgIpc) is 3.82. The van der Waals surface area contributed by atoms with Crippen molar-refractivity contribution in [3.8, 4) is 45.3 Å². The number of benzene rings is 7. The summed E-state index contributed by atoms with van der Waals surface area (Å²) in [6.07, 6.45) is 0. The number of fused-ring (bicyclic) bond motifs is 8. The van der Waals surface area contributed by atoms with E-state index in [0.717, 1.165) is 27.5 Å². The Labute approximate surface area is 287 Å². The van der Waals surface area contributed by atoms with Crippen molar-refractivity contribution in [1.82, 2.24) is 15.0 Å². The van der Waals surface area contributed by atoms with E-state index in [1.54, 1.807) is 0 Å². The lowest BCUT2D eigenvalue weighted by Gasteiger charge is -2.08. The van der Waals surface area contributed by atoms with Crippen LogP contribution >= 0.6 is 0 Å². The maximum absolute atomic E-state index is 9.15. The highest BCUT2D eigenvalue weighted by Gasteiger charge is 2.20. The van der Waals surface area contributed by atoms with Gasteiger partial charge in [0.25, 0.3) is 0 Å². The molecule has 5 nitrogen and oxygen atoms in total. The molecule has 0 aliphatic carbocycles. The second-order valence-corrected chi connectivity index (χ2v) is 11.3. The molecule has 0 unspecified atom stereocenters. The first-order chi connectivity index (χ1) is 27.5. The molecule has 0 bridgehead atoms. The van der Waals surface area contributed by atoms with Gasteiger partial charge in [-0.05, 0) is 35.2 Å². The summed E-state index contributed by atoms with van der Waals surface area (Å²) in [4.78, 5) is 14.5. The van der Waals surface area contributed by atoms with E-state index in [-0.39, 0.29) is 55.7 Å². The third-order valence-electron chi connectivity index (χ3n) is 8.47. The van der Waals surface area contributed by atoms with Crippen LogP contribution in [0.2, 0.25) is 0 Å². The van der Waals surface area contributed by atoms with Crippen molar-refractivity contribution < 1.29 is 21.2 Å². The number of furan rings is 2. The van der Waals surface area contributed by atoms with Gasteiger partial charge in [0.2, 0.25) is 0 Å². The molecule has 7 aromatic carbocycles. The molecule has 0 radical (unpaired) electrons. The minimum Gasteiger partial charge on any atom is -0.455 e. The van der Waals surface area contributed by atoms with Gasteiger partial charge in [-0.3, -0.25) is 0 Å². The van der Waals surface area contributed by atoms with Crippen LogP contribution < -0.4 is 0 Å². The van der Waals surface area contributed by atoms with E-state index in [1.807, 2.05) is 97.1 Å². The summed E-state index contributed by atoms with van der Waals surface area (Å²) in [7, 11) is 0. The first-order valence-electron chi connectivity index (χ1n) is 19.7. The molecule has 5 heteroatoms. The zero-order valence-corrected chi connectivity index (χ0v) is 24.9. The topological polar surface area (TPSA) is 65.0 Å². The number of hydrogen-bond donors (Lipinski definition) is 0. The summed E-state index contributed by atoms with van der Waals surface area (Å²) >= 11 is 0. The zero-order valence-electron chi connectivity index (χ0n) is 33.9. The van der Waals surface area contributed by atoms with Gasteiger partial charge in [0.05, 0.1) is 17.9 Å². The standard InChI is InChI=1S/C43H25N3O2/c1-3-11-26(12-4-1)31-17-9-18-33-32-23-22-29(25-37(32)47-38(31)33)42-44-41(28-14-5-2-6-15-28)45-43(46-42)36-20-10-19-34-35-24-21-27-13-7-8-16-30(27)39(35)48-40(34)36/h1-25H/i7D,8D,10D,13D,16D,19D,20D,21D,24D. The predicted molar refractivity (Wildman–Crippen MR) is 194 cm³/mol. The van der Waals surface area contributed by atoms with Gasteiger partial charge >= 0.3 is 0 Å². The van der Waals surface area contributed by atoms with Crippen LogP contribution in [0.5, 0.6) is 0 Å². The number of aromatic nitrogens is 3. The maximum atomic E-state index is 9.15. The second kappa shape index (κ2) is 10.5. The summed E-state index contributed by atoms with van der Waals surface area (Å²) in [5, 5.41) is 1.30. The van der Waals surface area contributed by atoms with Gasteiger partial charge < -0.3 is 8.83 Å². The Morgan fingerprint density at radius 2 is 1.12 bits per heavy atom. The van der Waals surface area contributed by atoms with Crippen LogP contribution in [0.25, 0.3) is 99.9 Å². The first kappa shape index (κ1) is 19.2. The Morgan fingerprint density at radius 1 is 0.417 bits per heavy atom. The van der Waals surface area contributed by atoms with E-state index in [2.05, 4.69) is 0 Å². The third kappa shape index (κ3) is 4.15. The Balaban J connectivity index is 1.26. The SMILES string of the molecule is [2H]c1c([2H])c([2H])c2c(oc3c4c([2H])c([2H])c([2H])c([2H])c4c([2H])c([2H])c32)c1-c1nc(-c2ccccc2)nc(-c2ccc3c(c2)oc2c(-c4ccccc4)cccc23)n1. The Bertz CT molecular complexity index is 3350. The van der Waals surface area contributed by atoms with E-state index < -0.39 is 54.4 Å². The molecular formula is C43H25N3O2. The molecule has 10 aromatic rings. The van der Waals surface area contributed by atoms with Crippen LogP contribution in [-0.4, -0.2) is 15.0 Å². The fourth-order valence-corrected chi connectivity index (χ4v) is 6.21. The molecule has 0 amide bonds. The molecule has 0 spiro atoms. The highest BCUT2D eigenvalue weighted by atomic mass is 16.3. The molecule has 3 heterocycles. The Morgan fingerprint density at radius 3 is 1.98 bits per heavy atom. The van der Waals surface area contributed by atoms with Crippen molar-refractivity contribution in [2.75, 3.05) is 0 Å². The van der Waals surface area contributed by atoms with E-state index in [4.69, 9.17) is 36.1 Å². The smallest absolute Gasteiger partial charge is 0.167 e. The number of nitrogens with zero attached hydrogens (tertiary/aromatic N) is 3. The molecule has 0 N–H and O–H groups in total. The predicted octanol–water partition coefficient (Wildman–Crippen LogP) is 11.5. The molecule has 0 aliphatic heterocycles. The molecule has 10 rings (SSSR count). The van der Waals surface area contributed by atoms with Crippen molar-refractivity contribution in [3.63, 3.8) is 0 Å². The summed E-state index contributed by atoms with van der Waals surface area (Å²) in [6, 6.07) is 26.3. The summed E-state index contributed by atoms with van der Waals surface area (Å²) in [6.45, 7) is 0. The van der Waals surface area contributed by atoms with Gasteiger partial charge in [-0.25, -0.2) is 15.0 Å². The van der Waals surface area contributed by atoms with Crippen LogP contribution in [-0.2, 0) is 0 Å². The quantitative estimate of drug-likeness (QED) is 0.195. The molecule has 0 atom stereocenters. The van der Waals surface area contributed by atoms with Crippen molar-refractivity contribution in [2.45, 2.75) is 0 Å². The number of rotatable bonds is 4. The van der Waals surface area contributed by atoms with Gasteiger partial charge in [-0.15, -0.1) is 0 Å². The molecule has 224 valence electrons. The normalized spacial score (nSPS) is 14.4. The van der Waals surface area contributed by atoms with Crippen molar-refractivity contribution in [2.24, 2.45) is 0 Å². The fourth-order valence-electron chi connectivity index (χ4n) is 6.21. The van der Waals surface area contributed by atoms with Crippen LogP contribution in [0, 0.1) is 0 Å². The molecule has 3 aromatic heterocycles.